The molecule has 12 aromatic carbocycles. The molecule has 0 aliphatic heterocycles. The maximum Gasteiger partial charge on any atom is 0.0720 e. The first kappa shape index (κ1) is 34.1. The lowest BCUT2D eigenvalue weighted by molar-refractivity contribution is 0.776. The minimum absolute atomic E-state index is 0.556. The van der Waals surface area contributed by atoms with Gasteiger partial charge in [-0.15, -0.1) is 0 Å². The molecule has 0 heteroatoms. The Morgan fingerprint density at radius 1 is 0.262 bits per heavy atom. The van der Waals surface area contributed by atoms with Gasteiger partial charge < -0.3 is 0 Å². The van der Waals surface area contributed by atoms with E-state index in [9.17, 15) is 0 Å². The number of benzene rings is 12. The van der Waals surface area contributed by atoms with Gasteiger partial charge in [0.15, 0.2) is 0 Å². The van der Waals surface area contributed by atoms with E-state index in [2.05, 4.69) is 231 Å². The van der Waals surface area contributed by atoms with Gasteiger partial charge in [0, 0.05) is 0 Å². The van der Waals surface area contributed by atoms with Crippen LogP contribution in [0.3, 0.4) is 0 Å². The summed E-state index contributed by atoms with van der Waals surface area (Å²) in [5.41, 5.74) is 14.8. The molecule has 0 nitrogen and oxygen atoms in total. The summed E-state index contributed by atoms with van der Waals surface area (Å²) >= 11 is 0. The van der Waals surface area contributed by atoms with Crippen LogP contribution in [0.25, 0.3) is 98.4 Å². The minimum atomic E-state index is -0.556. The van der Waals surface area contributed by atoms with E-state index in [0.717, 1.165) is 0 Å². The van der Waals surface area contributed by atoms with E-state index in [1.165, 1.54) is 121 Å². The van der Waals surface area contributed by atoms with Gasteiger partial charge in [-0.3, -0.25) is 0 Å². The Balaban J connectivity index is 1.09. The zero-order valence-electron chi connectivity index (χ0n) is 33.4. The van der Waals surface area contributed by atoms with Crippen LogP contribution in [-0.4, -0.2) is 0 Å². The molecule has 0 aromatic heterocycles. The van der Waals surface area contributed by atoms with Crippen molar-refractivity contribution >= 4 is 53.9 Å². The van der Waals surface area contributed by atoms with Crippen LogP contribution in [0.2, 0.25) is 0 Å². The van der Waals surface area contributed by atoms with Crippen molar-refractivity contribution in [2.45, 2.75) is 5.41 Å². The summed E-state index contributed by atoms with van der Waals surface area (Å²) in [6.45, 7) is 0. The van der Waals surface area contributed by atoms with Gasteiger partial charge in [0.1, 0.15) is 0 Å². The average Bonchev–Trinajstić information content (AvgIpc) is 3.66. The molecule has 0 radical (unpaired) electrons. The average molecular weight is 771 g/mol. The molecule has 0 bridgehead atoms. The molecule has 13 rings (SSSR count). The molecule has 1 aliphatic rings. The monoisotopic (exact) mass is 770 g/mol. The molecule has 0 atom stereocenters. The highest BCUT2D eigenvalue weighted by Gasteiger charge is 2.48. The van der Waals surface area contributed by atoms with Crippen molar-refractivity contribution in [3.8, 4) is 44.5 Å². The Bertz CT molecular complexity index is 3630. The van der Waals surface area contributed by atoms with Crippen LogP contribution in [0.15, 0.2) is 231 Å². The van der Waals surface area contributed by atoms with Gasteiger partial charge in [-0.1, -0.05) is 218 Å². The topological polar surface area (TPSA) is 0 Å². The van der Waals surface area contributed by atoms with Crippen LogP contribution >= 0.6 is 0 Å². The number of hydrogen-bond acceptors (Lipinski definition) is 0. The largest absolute Gasteiger partial charge is 0.0720 e. The SMILES string of the molecule is c1ccc(-c2cccc(-c3ccc4ccc5c(-c6ccc7c(c6)C(c6ccccc6)(c6ccccc6)c6c-7c7ccccc7c7ccccc67)ccc6ccc3c4c65)c2)cc1. The van der Waals surface area contributed by atoms with Crippen molar-refractivity contribution in [3.05, 3.63) is 253 Å². The summed E-state index contributed by atoms with van der Waals surface area (Å²) < 4.78 is 0. The van der Waals surface area contributed by atoms with Gasteiger partial charge >= 0.3 is 0 Å². The summed E-state index contributed by atoms with van der Waals surface area (Å²) in [6, 6.07) is 86.2. The lowest BCUT2D eigenvalue weighted by atomic mass is 9.66. The molecule has 0 fully saturated rings. The zero-order chi connectivity index (χ0) is 40.1. The quantitative estimate of drug-likeness (QED) is 0.153. The van der Waals surface area contributed by atoms with E-state index < -0.39 is 5.41 Å². The van der Waals surface area contributed by atoms with E-state index in [-0.39, 0.29) is 0 Å². The van der Waals surface area contributed by atoms with E-state index in [1.807, 2.05) is 0 Å². The molecule has 0 N–H and O–H groups in total. The second-order valence-electron chi connectivity index (χ2n) is 16.7. The number of hydrogen-bond donors (Lipinski definition) is 0. The molecule has 0 saturated heterocycles. The molecular formula is C61H38. The van der Waals surface area contributed by atoms with Gasteiger partial charge in [-0.05, 0) is 133 Å². The summed E-state index contributed by atoms with van der Waals surface area (Å²) in [5.74, 6) is 0. The first-order valence-corrected chi connectivity index (χ1v) is 21.3. The van der Waals surface area contributed by atoms with Crippen LogP contribution in [0.1, 0.15) is 22.3 Å². The molecule has 61 heavy (non-hydrogen) atoms. The molecule has 0 unspecified atom stereocenters. The van der Waals surface area contributed by atoms with Crippen molar-refractivity contribution in [1.29, 1.82) is 0 Å². The van der Waals surface area contributed by atoms with E-state index in [1.54, 1.807) is 0 Å². The van der Waals surface area contributed by atoms with Gasteiger partial charge in [-0.25, -0.2) is 0 Å². The molecule has 0 heterocycles. The third-order valence-corrected chi connectivity index (χ3v) is 13.7. The first-order chi connectivity index (χ1) is 30.3. The maximum absolute atomic E-state index is 2.53. The number of fused-ring (bicyclic) bond motifs is 8. The van der Waals surface area contributed by atoms with Gasteiger partial charge in [0.25, 0.3) is 0 Å². The van der Waals surface area contributed by atoms with Crippen molar-refractivity contribution in [1.82, 2.24) is 0 Å². The van der Waals surface area contributed by atoms with Gasteiger partial charge in [0.05, 0.1) is 5.41 Å². The summed E-state index contributed by atoms with van der Waals surface area (Å²) in [7, 11) is 0. The summed E-state index contributed by atoms with van der Waals surface area (Å²) in [4.78, 5) is 0. The van der Waals surface area contributed by atoms with Crippen molar-refractivity contribution in [2.75, 3.05) is 0 Å². The minimum Gasteiger partial charge on any atom is -0.0622 e. The van der Waals surface area contributed by atoms with Crippen LogP contribution in [0, 0.1) is 0 Å². The Kier molecular flexibility index (Phi) is 7.32. The van der Waals surface area contributed by atoms with Crippen LogP contribution in [0.4, 0.5) is 0 Å². The maximum atomic E-state index is 2.53. The molecule has 12 aromatic rings. The van der Waals surface area contributed by atoms with Crippen LogP contribution in [0.5, 0.6) is 0 Å². The molecular weight excluding hydrogens is 733 g/mol. The molecule has 1 aliphatic carbocycles. The zero-order valence-corrected chi connectivity index (χ0v) is 33.4. The van der Waals surface area contributed by atoms with Crippen molar-refractivity contribution < 1.29 is 0 Å². The summed E-state index contributed by atoms with van der Waals surface area (Å²) in [6.07, 6.45) is 0. The lowest BCUT2D eigenvalue weighted by Gasteiger charge is -2.35. The highest BCUT2D eigenvalue weighted by Crippen LogP contribution is 2.61. The Morgan fingerprint density at radius 3 is 1.34 bits per heavy atom. The fraction of sp³-hybridized carbons (Fsp3) is 0.0164. The molecule has 0 spiro atoms. The standard InChI is InChI=1S/C61H38/c1-4-15-39(16-5-1)42-17-14-18-43(37-42)47-32-27-40-30-35-53-48(33-28-41-29-34-52(47)57(40)58(41)53)44-31-36-55-56(38-44)61(45-19-6-2-7-20-45,46-21-8-3-9-22-46)60-54-26-13-11-24-50(54)49-23-10-12-25-51(49)59(55)60/h1-38H. The van der Waals surface area contributed by atoms with Gasteiger partial charge in [-0.2, -0.15) is 0 Å². The highest BCUT2D eigenvalue weighted by atomic mass is 14.5. The first-order valence-electron chi connectivity index (χ1n) is 21.3. The van der Waals surface area contributed by atoms with Crippen LogP contribution in [-0.2, 0) is 5.41 Å². The van der Waals surface area contributed by atoms with Gasteiger partial charge in [0.2, 0.25) is 0 Å². The fourth-order valence-electron chi connectivity index (χ4n) is 11.1. The Labute approximate surface area is 355 Å². The lowest BCUT2D eigenvalue weighted by Crippen LogP contribution is -2.29. The second kappa shape index (κ2) is 13.1. The molecule has 0 saturated carbocycles. The third-order valence-electron chi connectivity index (χ3n) is 13.7. The van der Waals surface area contributed by atoms with E-state index in [4.69, 9.17) is 0 Å². The number of rotatable bonds is 5. The van der Waals surface area contributed by atoms with E-state index in [0.29, 0.717) is 0 Å². The third kappa shape index (κ3) is 4.82. The highest BCUT2D eigenvalue weighted by molar-refractivity contribution is 6.28. The molecule has 282 valence electrons. The van der Waals surface area contributed by atoms with Crippen molar-refractivity contribution in [2.24, 2.45) is 0 Å². The van der Waals surface area contributed by atoms with Crippen molar-refractivity contribution in [3.63, 3.8) is 0 Å². The predicted octanol–water partition coefficient (Wildman–Crippen LogP) is 16.3. The second-order valence-corrected chi connectivity index (χ2v) is 16.7. The molecule has 0 amide bonds. The summed E-state index contributed by atoms with van der Waals surface area (Å²) in [5, 5.41) is 12.9. The Morgan fingerprint density at radius 2 is 0.721 bits per heavy atom. The fourth-order valence-corrected chi connectivity index (χ4v) is 11.1. The smallest absolute Gasteiger partial charge is 0.0622 e. The Hall–Kier alpha value is -7.80. The van der Waals surface area contributed by atoms with E-state index >= 15 is 0 Å². The van der Waals surface area contributed by atoms with Crippen LogP contribution < -0.4 is 0 Å². The predicted molar refractivity (Wildman–Crippen MR) is 259 cm³/mol. The normalized spacial score (nSPS) is 13.0.